The quantitative estimate of drug-likeness (QED) is 0.781. The van der Waals surface area contributed by atoms with E-state index >= 15 is 0 Å². The third-order valence-electron chi connectivity index (χ3n) is 3.64. The average molecular weight is 256 g/mol. The van der Waals surface area contributed by atoms with Gasteiger partial charge in [-0.25, -0.2) is 8.42 Å². The van der Waals surface area contributed by atoms with Crippen molar-refractivity contribution in [2.45, 2.75) is 43.5 Å². The minimum atomic E-state index is -3.05. The molecule has 1 aromatic heterocycles. The molecule has 2 aliphatic heterocycles. The molecule has 0 radical (unpaired) electrons. The van der Waals surface area contributed by atoms with Crippen LogP contribution in [0.1, 0.15) is 48.7 Å². The monoisotopic (exact) mass is 256 g/mol. The Labute approximate surface area is 100 Å². The van der Waals surface area contributed by atoms with E-state index in [9.17, 15) is 8.42 Å². The van der Waals surface area contributed by atoms with Crippen LogP contribution in [0.15, 0.2) is 0 Å². The summed E-state index contributed by atoms with van der Waals surface area (Å²) >= 11 is 0. The van der Waals surface area contributed by atoms with Gasteiger partial charge in [0.15, 0.2) is 15.7 Å². The van der Waals surface area contributed by atoms with Crippen LogP contribution in [0.2, 0.25) is 0 Å². The Morgan fingerprint density at radius 3 is 2.76 bits per heavy atom. The molecule has 0 aromatic carbocycles. The van der Waals surface area contributed by atoms with Crippen LogP contribution < -0.4 is 5.73 Å². The lowest BCUT2D eigenvalue weighted by Crippen LogP contribution is -2.28. The molecule has 0 amide bonds. The standard InChI is InChI=1S/C10H16N4O2S/c11-8-4-1-5-9-12-13-10(14(8)9)7-3-2-6-17(7,15)16/h7-8H,1-6,11H2. The van der Waals surface area contributed by atoms with Gasteiger partial charge in [-0.1, -0.05) is 0 Å². The first-order valence-electron chi connectivity index (χ1n) is 6.00. The summed E-state index contributed by atoms with van der Waals surface area (Å²) in [5.74, 6) is 1.65. The lowest BCUT2D eigenvalue weighted by Gasteiger charge is -2.23. The van der Waals surface area contributed by atoms with Crippen molar-refractivity contribution in [2.75, 3.05) is 5.75 Å². The molecule has 6 nitrogen and oxygen atoms in total. The van der Waals surface area contributed by atoms with Gasteiger partial charge in [0.05, 0.1) is 11.9 Å². The van der Waals surface area contributed by atoms with Gasteiger partial charge < -0.3 is 5.73 Å². The molecular formula is C10H16N4O2S. The average Bonchev–Trinajstić information content (AvgIpc) is 2.82. The molecule has 1 fully saturated rings. The van der Waals surface area contributed by atoms with E-state index in [0.29, 0.717) is 18.7 Å². The molecule has 0 bridgehead atoms. The molecule has 17 heavy (non-hydrogen) atoms. The fraction of sp³-hybridized carbons (Fsp3) is 0.800. The summed E-state index contributed by atoms with van der Waals surface area (Å²) in [5.41, 5.74) is 6.04. The normalized spacial score (nSPS) is 31.4. The van der Waals surface area contributed by atoms with E-state index in [1.54, 1.807) is 0 Å². The molecular weight excluding hydrogens is 240 g/mol. The molecule has 0 saturated carbocycles. The number of aromatic nitrogens is 3. The van der Waals surface area contributed by atoms with Crippen LogP contribution >= 0.6 is 0 Å². The zero-order chi connectivity index (χ0) is 12.0. The smallest absolute Gasteiger partial charge is 0.160 e. The molecule has 0 spiro atoms. The van der Waals surface area contributed by atoms with Gasteiger partial charge in [0.2, 0.25) is 0 Å². The van der Waals surface area contributed by atoms with Crippen molar-refractivity contribution < 1.29 is 8.42 Å². The van der Waals surface area contributed by atoms with Gasteiger partial charge in [-0.2, -0.15) is 0 Å². The van der Waals surface area contributed by atoms with E-state index in [1.165, 1.54) is 0 Å². The zero-order valence-electron chi connectivity index (χ0n) is 9.54. The van der Waals surface area contributed by atoms with Crippen LogP contribution in [-0.4, -0.2) is 28.9 Å². The van der Waals surface area contributed by atoms with Crippen molar-refractivity contribution in [1.29, 1.82) is 0 Å². The number of fused-ring (bicyclic) bond motifs is 1. The molecule has 2 aliphatic rings. The highest BCUT2D eigenvalue weighted by molar-refractivity contribution is 7.91. The molecule has 94 valence electrons. The molecule has 3 rings (SSSR count). The molecule has 2 unspecified atom stereocenters. The van der Waals surface area contributed by atoms with Gasteiger partial charge in [-0.05, 0) is 25.7 Å². The Morgan fingerprint density at radius 1 is 1.24 bits per heavy atom. The minimum absolute atomic E-state index is 0.167. The fourth-order valence-electron chi connectivity index (χ4n) is 2.77. The first-order chi connectivity index (χ1) is 8.09. The van der Waals surface area contributed by atoms with Crippen LogP contribution in [0, 0.1) is 0 Å². The van der Waals surface area contributed by atoms with Gasteiger partial charge in [0, 0.05) is 6.42 Å². The Balaban J connectivity index is 2.07. The maximum Gasteiger partial charge on any atom is 0.160 e. The van der Waals surface area contributed by atoms with Crippen LogP contribution in [0.25, 0.3) is 0 Å². The van der Waals surface area contributed by atoms with Gasteiger partial charge in [-0.3, -0.25) is 4.57 Å². The van der Waals surface area contributed by atoms with E-state index in [-0.39, 0.29) is 11.9 Å². The molecule has 3 heterocycles. The maximum atomic E-state index is 11.9. The van der Waals surface area contributed by atoms with Gasteiger partial charge in [0.1, 0.15) is 11.1 Å². The van der Waals surface area contributed by atoms with Crippen LogP contribution in [0.3, 0.4) is 0 Å². The Hall–Kier alpha value is -0.950. The van der Waals surface area contributed by atoms with Crippen molar-refractivity contribution in [3.8, 4) is 0 Å². The van der Waals surface area contributed by atoms with Crippen molar-refractivity contribution in [3.63, 3.8) is 0 Å². The number of nitrogens with zero attached hydrogens (tertiary/aromatic N) is 3. The SMILES string of the molecule is NC1CCCc2nnc(C3CCCS3(=O)=O)n21. The second-order valence-electron chi connectivity index (χ2n) is 4.80. The number of sulfone groups is 1. The Morgan fingerprint density at radius 2 is 2.06 bits per heavy atom. The second-order valence-corrected chi connectivity index (χ2v) is 7.10. The third-order valence-corrected chi connectivity index (χ3v) is 5.81. The third kappa shape index (κ3) is 1.68. The van der Waals surface area contributed by atoms with Gasteiger partial charge >= 0.3 is 0 Å². The van der Waals surface area contributed by atoms with Gasteiger partial charge in [0.25, 0.3) is 0 Å². The van der Waals surface area contributed by atoms with Gasteiger partial charge in [-0.15, -0.1) is 10.2 Å². The van der Waals surface area contributed by atoms with Crippen LogP contribution in [0.5, 0.6) is 0 Å². The summed E-state index contributed by atoms with van der Waals surface area (Å²) in [6, 6.07) is 0. The highest BCUT2D eigenvalue weighted by atomic mass is 32.2. The first-order valence-corrected chi connectivity index (χ1v) is 7.72. The largest absolute Gasteiger partial charge is 0.311 e. The van der Waals surface area contributed by atoms with Crippen LogP contribution in [-0.2, 0) is 16.3 Å². The van der Waals surface area contributed by atoms with E-state index in [1.807, 2.05) is 4.57 Å². The highest BCUT2D eigenvalue weighted by Gasteiger charge is 2.38. The Kier molecular flexibility index (Phi) is 2.48. The molecule has 2 N–H and O–H groups in total. The molecule has 0 aliphatic carbocycles. The summed E-state index contributed by atoms with van der Waals surface area (Å²) in [4.78, 5) is 0. The second kappa shape index (κ2) is 3.78. The van der Waals surface area contributed by atoms with Crippen molar-refractivity contribution in [2.24, 2.45) is 5.73 Å². The lowest BCUT2D eigenvalue weighted by molar-refractivity contribution is 0.394. The summed E-state index contributed by atoms with van der Waals surface area (Å²) in [6.45, 7) is 0. The van der Waals surface area contributed by atoms with E-state index in [0.717, 1.165) is 25.1 Å². The van der Waals surface area contributed by atoms with E-state index in [2.05, 4.69) is 10.2 Å². The number of rotatable bonds is 1. The molecule has 1 saturated heterocycles. The van der Waals surface area contributed by atoms with E-state index in [4.69, 9.17) is 5.73 Å². The zero-order valence-corrected chi connectivity index (χ0v) is 10.4. The number of nitrogens with two attached hydrogens (primary N) is 1. The predicted octanol–water partition coefficient (Wildman–Crippen LogP) is 0.321. The van der Waals surface area contributed by atoms with E-state index < -0.39 is 15.1 Å². The molecule has 2 atom stereocenters. The first kappa shape index (κ1) is 11.2. The lowest BCUT2D eigenvalue weighted by atomic mass is 10.1. The predicted molar refractivity (Wildman–Crippen MR) is 61.9 cm³/mol. The summed E-state index contributed by atoms with van der Waals surface area (Å²) in [6.07, 6.45) is 3.90. The summed E-state index contributed by atoms with van der Waals surface area (Å²) < 4.78 is 25.7. The summed E-state index contributed by atoms with van der Waals surface area (Å²) in [5, 5.41) is 7.67. The minimum Gasteiger partial charge on any atom is -0.311 e. The molecule has 7 heteroatoms. The summed E-state index contributed by atoms with van der Waals surface area (Å²) in [7, 11) is -3.05. The van der Waals surface area contributed by atoms with Crippen molar-refractivity contribution in [1.82, 2.24) is 14.8 Å². The Bertz CT molecular complexity index is 537. The van der Waals surface area contributed by atoms with Crippen molar-refractivity contribution >= 4 is 9.84 Å². The molecule has 1 aromatic rings. The van der Waals surface area contributed by atoms with Crippen molar-refractivity contribution in [3.05, 3.63) is 11.6 Å². The number of hydrogen-bond acceptors (Lipinski definition) is 5. The number of hydrogen-bond donors (Lipinski definition) is 1. The number of aryl methyl sites for hydroxylation is 1. The highest BCUT2D eigenvalue weighted by Crippen LogP contribution is 2.36. The van der Waals surface area contributed by atoms with Crippen LogP contribution in [0.4, 0.5) is 0 Å². The fourth-order valence-corrected chi connectivity index (χ4v) is 4.63. The topological polar surface area (TPSA) is 90.9 Å². The maximum absolute atomic E-state index is 11.9.